The Morgan fingerprint density at radius 1 is 1.60 bits per heavy atom. The van der Waals surface area contributed by atoms with Crippen LogP contribution in [0.25, 0.3) is 0 Å². The number of ether oxygens (including phenoxy) is 1. The van der Waals surface area contributed by atoms with Gasteiger partial charge in [0, 0.05) is 18.9 Å². The van der Waals surface area contributed by atoms with E-state index in [1.807, 2.05) is 13.0 Å². The molecule has 0 N–H and O–H groups in total. The number of benzene rings is 1. The molecule has 1 aromatic rings. The zero-order valence-corrected chi connectivity index (χ0v) is 8.63. The lowest BCUT2D eigenvalue weighted by Crippen LogP contribution is -1.99. The molecule has 3 heteroatoms. The first-order valence-corrected chi connectivity index (χ1v) is 5.11. The van der Waals surface area contributed by atoms with Crippen LogP contribution in [0.4, 0.5) is 4.39 Å². The van der Waals surface area contributed by atoms with Crippen molar-refractivity contribution in [2.24, 2.45) is 0 Å². The fourth-order valence-electron chi connectivity index (χ4n) is 1.87. The number of carbonyl (C=O) groups is 1. The molecular formula is C12H13FO2. The first kappa shape index (κ1) is 10.1. The standard InChI is InChI=1S/C12H13FO2/c1-8(2-4-14)10-6-9-3-5-15-12(9)7-11(10)13/h4,6-8H,2-3,5H2,1H3. The van der Waals surface area contributed by atoms with Crippen molar-refractivity contribution in [2.75, 3.05) is 6.61 Å². The van der Waals surface area contributed by atoms with Gasteiger partial charge in [0.15, 0.2) is 0 Å². The summed E-state index contributed by atoms with van der Waals surface area (Å²) < 4.78 is 18.9. The summed E-state index contributed by atoms with van der Waals surface area (Å²) in [6.07, 6.45) is 2.01. The van der Waals surface area contributed by atoms with Crippen LogP contribution >= 0.6 is 0 Å². The van der Waals surface area contributed by atoms with Crippen LogP contribution in [-0.4, -0.2) is 12.9 Å². The van der Waals surface area contributed by atoms with E-state index in [0.717, 1.165) is 18.3 Å². The van der Waals surface area contributed by atoms with Gasteiger partial charge in [-0.2, -0.15) is 0 Å². The molecule has 1 atom stereocenters. The fourth-order valence-corrected chi connectivity index (χ4v) is 1.87. The molecule has 0 aromatic heterocycles. The van der Waals surface area contributed by atoms with Crippen LogP contribution in [0.2, 0.25) is 0 Å². The van der Waals surface area contributed by atoms with Gasteiger partial charge in [0.05, 0.1) is 6.61 Å². The number of hydrogen-bond donors (Lipinski definition) is 0. The highest BCUT2D eigenvalue weighted by atomic mass is 19.1. The Kier molecular flexibility index (Phi) is 2.71. The van der Waals surface area contributed by atoms with Gasteiger partial charge in [-0.3, -0.25) is 0 Å². The van der Waals surface area contributed by atoms with Gasteiger partial charge in [-0.15, -0.1) is 0 Å². The van der Waals surface area contributed by atoms with Gasteiger partial charge in [-0.25, -0.2) is 4.39 Å². The molecule has 15 heavy (non-hydrogen) atoms. The first-order valence-electron chi connectivity index (χ1n) is 5.11. The minimum atomic E-state index is -0.273. The minimum Gasteiger partial charge on any atom is -0.493 e. The largest absolute Gasteiger partial charge is 0.493 e. The normalized spacial score (nSPS) is 15.6. The van der Waals surface area contributed by atoms with Crippen molar-refractivity contribution in [3.05, 3.63) is 29.1 Å². The smallest absolute Gasteiger partial charge is 0.130 e. The van der Waals surface area contributed by atoms with E-state index >= 15 is 0 Å². The minimum absolute atomic E-state index is 0.0617. The Labute approximate surface area is 88.1 Å². The van der Waals surface area contributed by atoms with E-state index in [0.29, 0.717) is 24.3 Å². The lowest BCUT2D eigenvalue weighted by atomic mass is 9.95. The molecule has 1 aliphatic heterocycles. The Bertz CT molecular complexity index is 387. The van der Waals surface area contributed by atoms with E-state index in [9.17, 15) is 9.18 Å². The number of rotatable bonds is 3. The van der Waals surface area contributed by atoms with Crippen LogP contribution < -0.4 is 4.74 Å². The molecule has 0 fully saturated rings. The Morgan fingerprint density at radius 3 is 3.13 bits per heavy atom. The topological polar surface area (TPSA) is 26.3 Å². The molecule has 2 nitrogen and oxygen atoms in total. The third kappa shape index (κ3) is 1.87. The van der Waals surface area contributed by atoms with Crippen LogP contribution in [0.5, 0.6) is 5.75 Å². The van der Waals surface area contributed by atoms with Crippen molar-refractivity contribution < 1.29 is 13.9 Å². The highest BCUT2D eigenvalue weighted by Crippen LogP contribution is 2.31. The summed E-state index contributed by atoms with van der Waals surface area (Å²) in [7, 11) is 0. The lowest BCUT2D eigenvalue weighted by molar-refractivity contribution is -0.108. The van der Waals surface area contributed by atoms with Crippen molar-refractivity contribution in [3.63, 3.8) is 0 Å². The lowest BCUT2D eigenvalue weighted by Gasteiger charge is -2.11. The molecule has 1 aromatic carbocycles. The maximum absolute atomic E-state index is 13.6. The summed E-state index contributed by atoms with van der Waals surface area (Å²) in [5.74, 6) is 0.313. The van der Waals surface area contributed by atoms with Gasteiger partial charge >= 0.3 is 0 Å². The fraction of sp³-hybridized carbons (Fsp3) is 0.417. The van der Waals surface area contributed by atoms with Crippen molar-refractivity contribution in [2.45, 2.75) is 25.7 Å². The molecule has 0 radical (unpaired) electrons. The van der Waals surface area contributed by atoms with Crippen molar-refractivity contribution in [1.82, 2.24) is 0 Å². The molecule has 0 amide bonds. The zero-order chi connectivity index (χ0) is 10.8. The maximum atomic E-state index is 13.6. The number of aldehydes is 1. The number of hydrogen-bond acceptors (Lipinski definition) is 2. The Hall–Kier alpha value is -1.38. The van der Waals surface area contributed by atoms with E-state index in [2.05, 4.69) is 0 Å². The molecule has 0 spiro atoms. The van der Waals surface area contributed by atoms with Crippen LogP contribution in [-0.2, 0) is 11.2 Å². The van der Waals surface area contributed by atoms with E-state index in [1.54, 1.807) is 0 Å². The summed E-state index contributed by atoms with van der Waals surface area (Å²) in [6.45, 7) is 2.48. The summed E-state index contributed by atoms with van der Waals surface area (Å²) in [5, 5.41) is 0. The number of carbonyl (C=O) groups excluding carboxylic acids is 1. The van der Waals surface area contributed by atoms with Crippen molar-refractivity contribution in [1.29, 1.82) is 0 Å². The van der Waals surface area contributed by atoms with Crippen molar-refractivity contribution in [3.8, 4) is 5.75 Å². The molecule has 1 heterocycles. The van der Waals surface area contributed by atoms with Crippen LogP contribution in [0.1, 0.15) is 30.4 Å². The Balaban J connectivity index is 2.35. The quantitative estimate of drug-likeness (QED) is 0.713. The molecular weight excluding hydrogens is 195 g/mol. The van der Waals surface area contributed by atoms with E-state index in [-0.39, 0.29) is 11.7 Å². The molecule has 2 rings (SSSR count). The number of fused-ring (bicyclic) bond motifs is 1. The summed E-state index contributed by atoms with van der Waals surface area (Å²) in [6, 6.07) is 3.25. The number of halogens is 1. The molecule has 0 saturated carbocycles. The summed E-state index contributed by atoms with van der Waals surface area (Å²) in [5.41, 5.74) is 1.66. The predicted octanol–water partition coefficient (Wildman–Crippen LogP) is 2.45. The van der Waals surface area contributed by atoms with Gasteiger partial charge in [-0.05, 0) is 23.1 Å². The van der Waals surface area contributed by atoms with Gasteiger partial charge in [-0.1, -0.05) is 6.92 Å². The van der Waals surface area contributed by atoms with Crippen molar-refractivity contribution >= 4 is 6.29 Å². The predicted molar refractivity (Wildman–Crippen MR) is 54.7 cm³/mol. The average Bonchev–Trinajstić information content (AvgIpc) is 2.63. The highest BCUT2D eigenvalue weighted by molar-refractivity contribution is 5.52. The third-order valence-electron chi connectivity index (χ3n) is 2.79. The SMILES string of the molecule is CC(CC=O)c1cc2c(cc1F)OCC2. The Morgan fingerprint density at radius 2 is 2.40 bits per heavy atom. The third-order valence-corrected chi connectivity index (χ3v) is 2.79. The first-order chi connectivity index (χ1) is 7.22. The summed E-state index contributed by atoms with van der Waals surface area (Å²) in [4.78, 5) is 10.4. The second-order valence-corrected chi connectivity index (χ2v) is 3.88. The molecule has 0 bridgehead atoms. The second-order valence-electron chi connectivity index (χ2n) is 3.88. The molecule has 80 valence electrons. The summed E-state index contributed by atoms with van der Waals surface area (Å²) >= 11 is 0. The molecule has 0 aliphatic carbocycles. The maximum Gasteiger partial charge on any atom is 0.130 e. The second kappa shape index (κ2) is 4.01. The molecule has 0 saturated heterocycles. The van der Waals surface area contributed by atoms with E-state index < -0.39 is 0 Å². The zero-order valence-electron chi connectivity index (χ0n) is 8.63. The van der Waals surface area contributed by atoms with Crippen LogP contribution in [0, 0.1) is 5.82 Å². The van der Waals surface area contributed by atoms with Gasteiger partial charge in [0.1, 0.15) is 17.9 Å². The van der Waals surface area contributed by atoms with E-state index in [1.165, 1.54) is 6.07 Å². The molecule has 1 aliphatic rings. The van der Waals surface area contributed by atoms with Crippen LogP contribution in [0.15, 0.2) is 12.1 Å². The highest BCUT2D eigenvalue weighted by Gasteiger charge is 2.18. The average molecular weight is 208 g/mol. The van der Waals surface area contributed by atoms with Gasteiger partial charge in [0.25, 0.3) is 0 Å². The van der Waals surface area contributed by atoms with E-state index in [4.69, 9.17) is 4.74 Å². The van der Waals surface area contributed by atoms with Gasteiger partial charge in [0.2, 0.25) is 0 Å². The van der Waals surface area contributed by atoms with Gasteiger partial charge < -0.3 is 9.53 Å². The monoisotopic (exact) mass is 208 g/mol. The molecule has 1 unspecified atom stereocenters. The van der Waals surface area contributed by atoms with Crippen LogP contribution in [0.3, 0.4) is 0 Å².